The van der Waals surface area contributed by atoms with Crippen molar-refractivity contribution in [3.8, 4) is 11.3 Å². The van der Waals surface area contributed by atoms with Gasteiger partial charge in [-0.2, -0.15) is 0 Å². The Hall–Kier alpha value is -2.64. The lowest BCUT2D eigenvalue weighted by Crippen LogP contribution is -2.27. The van der Waals surface area contributed by atoms with E-state index < -0.39 is 5.97 Å². The SMILES string of the molecule is C=CCN1C(=O)/C(=C/c2ccc(-c3ccc(C(=O)OC)cc3)o2)SC1=S. The minimum Gasteiger partial charge on any atom is -0.465 e. The van der Waals surface area contributed by atoms with Crippen LogP contribution >= 0.6 is 24.0 Å². The summed E-state index contributed by atoms with van der Waals surface area (Å²) in [5, 5.41) is 0. The first kappa shape index (κ1) is 18.2. The molecule has 7 heteroatoms. The maximum Gasteiger partial charge on any atom is 0.337 e. The van der Waals surface area contributed by atoms with E-state index >= 15 is 0 Å². The van der Waals surface area contributed by atoms with E-state index in [1.165, 1.54) is 23.8 Å². The smallest absolute Gasteiger partial charge is 0.337 e. The number of thioether (sulfide) groups is 1. The molecule has 2 heterocycles. The number of amides is 1. The average molecular weight is 385 g/mol. The summed E-state index contributed by atoms with van der Waals surface area (Å²) in [5.41, 5.74) is 1.28. The van der Waals surface area contributed by atoms with Crippen LogP contribution in [0.15, 0.2) is 58.4 Å². The molecule has 26 heavy (non-hydrogen) atoms. The minimum atomic E-state index is -0.391. The van der Waals surface area contributed by atoms with Gasteiger partial charge >= 0.3 is 5.97 Å². The molecule has 1 saturated heterocycles. The highest BCUT2D eigenvalue weighted by Crippen LogP contribution is 2.33. The lowest BCUT2D eigenvalue weighted by atomic mass is 10.1. The molecule has 0 N–H and O–H groups in total. The van der Waals surface area contributed by atoms with Crippen LogP contribution in [0.25, 0.3) is 17.4 Å². The third kappa shape index (κ3) is 3.63. The number of carbonyl (C=O) groups excluding carboxylic acids is 2. The first-order valence-electron chi connectivity index (χ1n) is 7.68. The molecule has 0 aliphatic carbocycles. The lowest BCUT2D eigenvalue weighted by molar-refractivity contribution is -0.121. The summed E-state index contributed by atoms with van der Waals surface area (Å²) in [5.74, 6) is 0.642. The molecule has 3 rings (SSSR count). The second kappa shape index (κ2) is 7.72. The van der Waals surface area contributed by atoms with Gasteiger partial charge in [-0.3, -0.25) is 9.69 Å². The number of thiocarbonyl (C=S) groups is 1. The van der Waals surface area contributed by atoms with Crippen molar-refractivity contribution in [1.29, 1.82) is 0 Å². The van der Waals surface area contributed by atoms with Crippen LogP contribution in [0, 0.1) is 0 Å². The van der Waals surface area contributed by atoms with Gasteiger partial charge in [0.05, 0.1) is 17.6 Å². The Bertz CT molecular complexity index is 912. The Balaban J connectivity index is 1.80. The maximum absolute atomic E-state index is 12.3. The highest BCUT2D eigenvalue weighted by Gasteiger charge is 2.31. The number of rotatable bonds is 5. The summed E-state index contributed by atoms with van der Waals surface area (Å²) in [6, 6.07) is 10.5. The molecule has 0 atom stereocenters. The molecule has 1 aliphatic heterocycles. The Morgan fingerprint density at radius 3 is 2.69 bits per heavy atom. The Labute approximate surface area is 160 Å². The van der Waals surface area contributed by atoms with E-state index in [2.05, 4.69) is 11.3 Å². The summed E-state index contributed by atoms with van der Waals surface area (Å²) in [6.07, 6.45) is 3.31. The van der Waals surface area contributed by atoms with Crippen LogP contribution in [0.3, 0.4) is 0 Å². The molecule has 1 aromatic carbocycles. The molecule has 1 amide bonds. The summed E-state index contributed by atoms with van der Waals surface area (Å²) < 4.78 is 11.0. The van der Waals surface area contributed by atoms with Crippen LogP contribution in [0.1, 0.15) is 16.1 Å². The molecule has 0 spiro atoms. The van der Waals surface area contributed by atoms with Crippen molar-refractivity contribution in [1.82, 2.24) is 4.90 Å². The zero-order valence-corrected chi connectivity index (χ0v) is 15.6. The molecule has 0 bridgehead atoms. The van der Waals surface area contributed by atoms with E-state index in [0.717, 1.165) is 5.56 Å². The highest BCUT2D eigenvalue weighted by atomic mass is 32.2. The Morgan fingerprint density at radius 1 is 1.31 bits per heavy atom. The molecular formula is C19H15NO4S2. The van der Waals surface area contributed by atoms with E-state index in [4.69, 9.17) is 16.6 Å². The number of hydrogen-bond donors (Lipinski definition) is 0. The zero-order chi connectivity index (χ0) is 18.7. The van der Waals surface area contributed by atoms with Gasteiger partial charge in [0.25, 0.3) is 5.91 Å². The van der Waals surface area contributed by atoms with Gasteiger partial charge in [-0.25, -0.2) is 4.79 Å². The van der Waals surface area contributed by atoms with Crippen LogP contribution in [0.5, 0.6) is 0 Å². The third-order valence-corrected chi connectivity index (χ3v) is 5.05. The van der Waals surface area contributed by atoms with E-state index in [1.54, 1.807) is 42.5 Å². The molecule has 2 aromatic rings. The van der Waals surface area contributed by atoms with Gasteiger partial charge in [0.15, 0.2) is 0 Å². The molecule has 0 saturated carbocycles. The van der Waals surface area contributed by atoms with Crippen molar-refractivity contribution in [2.75, 3.05) is 13.7 Å². The minimum absolute atomic E-state index is 0.153. The number of methoxy groups -OCH3 is 1. The number of benzene rings is 1. The molecule has 1 aliphatic rings. The van der Waals surface area contributed by atoms with Crippen molar-refractivity contribution in [2.45, 2.75) is 0 Å². The fourth-order valence-electron chi connectivity index (χ4n) is 2.39. The van der Waals surface area contributed by atoms with Crippen LogP contribution in [0.2, 0.25) is 0 Å². The fraction of sp³-hybridized carbons (Fsp3) is 0.105. The van der Waals surface area contributed by atoms with Gasteiger partial charge in [0, 0.05) is 18.2 Å². The highest BCUT2D eigenvalue weighted by molar-refractivity contribution is 8.26. The van der Waals surface area contributed by atoms with E-state index in [-0.39, 0.29) is 5.91 Å². The van der Waals surface area contributed by atoms with Gasteiger partial charge in [-0.05, 0) is 24.3 Å². The first-order chi connectivity index (χ1) is 12.5. The van der Waals surface area contributed by atoms with E-state index in [1.807, 2.05) is 6.07 Å². The molecule has 132 valence electrons. The van der Waals surface area contributed by atoms with E-state index in [9.17, 15) is 9.59 Å². The molecule has 1 fully saturated rings. The number of nitrogens with zero attached hydrogens (tertiary/aromatic N) is 1. The first-order valence-corrected chi connectivity index (χ1v) is 8.91. The standard InChI is InChI=1S/C19H15NO4S2/c1-3-10-20-17(21)16(26-19(20)25)11-14-8-9-15(24-14)12-4-6-13(7-5-12)18(22)23-2/h3-9,11H,1,10H2,2H3/b16-11-. The molecule has 0 unspecified atom stereocenters. The quantitative estimate of drug-likeness (QED) is 0.334. The number of furan rings is 1. The number of carbonyl (C=O) groups is 2. The van der Waals surface area contributed by atoms with Crippen LogP contribution in [0.4, 0.5) is 0 Å². The van der Waals surface area contributed by atoms with Gasteiger partial charge in [0.2, 0.25) is 0 Å². The van der Waals surface area contributed by atoms with Crippen molar-refractivity contribution in [3.63, 3.8) is 0 Å². The summed E-state index contributed by atoms with van der Waals surface area (Å²) in [6.45, 7) is 4.02. The number of hydrogen-bond acceptors (Lipinski definition) is 6. The Morgan fingerprint density at radius 2 is 2.04 bits per heavy atom. The number of ether oxygens (including phenoxy) is 1. The number of esters is 1. The second-order valence-electron chi connectivity index (χ2n) is 5.35. The zero-order valence-electron chi connectivity index (χ0n) is 13.9. The molecule has 0 radical (unpaired) electrons. The van der Waals surface area contributed by atoms with Crippen LogP contribution in [-0.4, -0.2) is 34.8 Å². The normalized spacial score (nSPS) is 15.6. The van der Waals surface area contributed by atoms with Gasteiger partial charge in [-0.1, -0.05) is 42.2 Å². The predicted molar refractivity (Wildman–Crippen MR) is 106 cm³/mol. The van der Waals surface area contributed by atoms with Gasteiger partial charge in [0.1, 0.15) is 15.8 Å². The summed E-state index contributed by atoms with van der Waals surface area (Å²) in [4.78, 5) is 25.8. The van der Waals surface area contributed by atoms with Crippen molar-refractivity contribution >= 4 is 46.3 Å². The van der Waals surface area contributed by atoms with Crippen molar-refractivity contribution in [2.24, 2.45) is 0 Å². The lowest BCUT2D eigenvalue weighted by Gasteiger charge is -2.10. The monoisotopic (exact) mass is 385 g/mol. The van der Waals surface area contributed by atoms with Crippen LogP contribution in [-0.2, 0) is 9.53 Å². The Kier molecular flexibility index (Phi) is 5.39. The van der Waals surface area contributed by atoms with Gasteiger partial charge in [-0.15, -0.1) is 6.58 Å². The summed E-state index contributed by atoms with van der Waals surface area (Å²) in [7, 11) is 1.34. The van der Waals surface area contributed by atoms with Gasteiger partial charge < -0.3 is 9.15 Å². The van der Waals surface area contributed by atoms with E-state index in [0.29, 0.717) is 32.9 Å². The maximum atomic E-state index is 12.3. The largest absolute Gasteiger partial charge is 0.465 e. The molecule has 5 nitrogen and oxygen atoms in total. The fourth-order valence-corrected chi connectivity index (χ4v) is 3.64. The second-order valence-corrected chi connectivity index (χ2v) is 7.03. The van der Waals surface area contributed by atoms with Crippen molar-refractivity contribution in [3.05, 3.63) is 65.3 Å². The summed E-state index contributed by atoms with van der Waals surface area (Å²) >= 11 is 6.45. The average Bonchev–Trinajstić information content (AvgIpc) is 3.22. The van der Waals surface area contributed by atoms with Crippen molar-refractivity contribution < 1.29 is 18.7 Å². The predicted octanol–water partition coefficient (Wildman–Crippen LogP) is 4.12. The molecule has 1 aromatic heterocycles. The van der Waals surface area contributed by atoms with Crippen LogP contribution < -0.4 is 0 Å². The third-order valence-electron chi connectivity index (χ3n) is 3.68. The molecular weight excluding hydrogens is 370 g/mol. The topological polar surface area (TPSA) is 59.8 Å².